The second kappa shape index (κ2) is 9.50. The van der Waals surface area contributed by atoms with Crippen LogP contribution in [0.3, 0.4) is 0 Å². The molecule has 144 valence electrons. The van der Waals surface area contributed by atoms with Crippen LogP contribution in [0.2, 0.25) is 0 Å². The van der Waals surface area contributed by atoms with Crippen LogP contribution in [0.4, 0.5) is 5.95 Å². The van der Waals surface area contributed by atoms with Crippen molar-refractivity contribution in [3.05, 3.63) is 40.8 Å². The van der Waals surface area contributed by atoms with E-state index < -0.39 is 0 Å². The Morgan fingerprint density at radius 1 is 1.30 bits per heavy atom. The van der Waals surface area contributed by atoms with Crippen molar-refractivity contribution < 1.29 is 4.74 Å². The molecule has 2 aromatic heterocycles. The first-order valence-corrected chi connectivity index (χ1v) is 9.66. The molecule has 0 bridgehead atoms. The summed E-state index contributed by atoms with van der Waals surface area (Å²) in [4.78, 5) is 21.9. The van der Waals surface area contributed by atoms with Gasteiger partial charge in [0.25, 0.3) is 0 Å². The van der Waals surface area contributed by atoms with E-state index >= 15 is 0 Å². The van der Waals surface area contributed by atoms with Gasteiger partial charge in [-0.2, -0.15) is 4.98 Å². The standard InChI is InChI=1S/C18H24BrN7O/c1-20-17(22-7-5-14-4-3-6-21-12-14)25-8-10-26(11-9-25)18-23-13-15(19)16(24-18)27-2/h3-4,6,12-13H,5,7-11H2,1-2H3,(H,20,22). The van der Waals surface area contributed by atoms with Crippen molar-refractivity contribution in [2.75, 3.05) is 51.8 Å². The number of methoxy groups -OCH3 is 1. The molecule has 3 rings (SSSR count). The summed E-state index contributed by atoms with van der Waals surface area (Å²) in [7, 11) is 3.43. The van der Waals surface area contributed by atoms with Crippen molar-refractivity contribution in [3.63, 3.8) is 0 Å². The molecule has 0 spiro atoms. The van der Waals surface area contributed by atoms with Crippen LogP contribution in [0.25, 0.3) is 0 Å². The van der Waals surface area contributed by atoms with Crippen molar-refractivity contribution in [2.24, 2.45) is 4.99 Å². The molecule has 0 aromatic carbocycles. The van der Waals surface area contributed by atoms with Gasteiger partial charge in [0.2, 0.25) is 11.8 Å². The van der Waals surface area contributed by atoms with Crippen molar-refractivity contribution in [2.45, 2.75) is 6.42 Å². The Morgan fingerprint density at radius 3 is 2.78 bits per heavy atom. The van der Waals surface area contributed by atoms with Gasteiger partial charge in [-0.05, 0) is 34.0 Å². The highest BCUT2D eigenvalue weighted by molar-refractivity contribution is 9.10. The number of nitrogens with zero attached hydrogens (tertiary/aromatic N) is 6. The number of rotatable bonds is 5. The summed E-state index contributed by atoms with van der Waals surface area (Å²) in [6, 6.07) is 4.05. The molecule has 0 atom stereocenters. The van der Waals surface area contributed by atoms with E-state index in [9.17, 15) is 0 Å². The number of anilines is 1. The lowest BCUT2D eigenvalue weighted by Crippen LogP contribution is -2.53. The van der Waals surface area contributed by atoms with Crippen LogP contribution in [0.5, 0.6) is 5.88 Å². The molecular weight excluding hydrogens is 410 g/mol. The molecule has 0 unspecified atom stereocenters. The molecule has 1 saturated heterocycles. The van der Waals surface area contributed by atoms with E-state index in [2.05, 4.69) is 57.1 Å². The number of hydrogen-bond acceptors (Lipinski definition) is 6. The Hall–Kier alpha value is -2.42. The van der Waals surface area contributed by atoms with Crippen molar-refractivity contribution >= 4 is 27.8 Å². The fraction of sp³-hybridized carbons (Fsp3) is 0.444. The lowest BCUT2D eigenvalue weighted by molar-refractivity contribution is 0.366. The zero-order chi connectivity index (χ0) is 19.1. The SMILES string of the molecule is CN=C(NCCc1cccnc1)N1CCN(c2ncc(Br)c(OC)n2)CC1. The summed E-state index contributed by atoms with van der Waals surface area (Å²) in [6.07, 6.45) is 6.33. The lowest BCUT2D eigenvalue weighted by atomic mass is 10.2. The van der Waals surface area contributed by atoms with Crippen molar-refractivity contribution in [1.29, 1.82) is 0 Å². The van der Waals surface area contributed by atoms with Gasteiger partial charge in [-0.1, -0.05) is 6.07 Å². The van der Waals surface area contributed by atoms with Crippen LogP contribution in [0.1, 0.15) is 5.56 Å². The molecule has 8 nitrogen and oxygen atoms in total. The topological polar surface area (TPSA) is 78.8 Å². The molecule has 1 aliphatic rings. The third kappa shape index (κ3) is 5.06. The number of aliphatic imine (C=N–C) groups is 1. The maximum absolute atomic E-state index is 5.27. The predicted octanol–water partition coefficient (Wildman–Crippen LogP) is 1.58. The molecule has 3 heterocycles. The molecule has 9 heteroatoms. The first-order chi connectivity index (χ1) is 13.2. The summed E-state index contributed by atoms with van der Waals surface area (Å²) >= 11 is 3.39. The Kier molecular flexibility index (Phi) is 6.80. The normalized spacial score (nSPS) is 15.0. The van der Waals surface area contributed by atoms with Crippen molar-refractivity contribution in [1.82, 2.24) is 25.2 Å². The van der Waals surface area contributed by atoms with Gasteiger partial charge >= 0.3 is 0 Å². The average Bonchev–Trinajstić information content (AvgIpc) is 2.73. The molecule has 0 aliphatic carbocycles. The molecular formula is C18H24BrN7O. The lowest BCUT2D eigenvalue weighted by Gasteiger charge is -2.36. The molecule has 1 aliphatic heterocycles. The second-order valence-corrected chi connectivity index (χ2v) is 6.94. The van der Waals surface area contributed by atoms with E-state index in [0.29, 0.717) is 11.8 Å². The number of pyridine rings is 1. The maximum atomic E-state index is 5.27. The van der Waals surface area contributed by atoms with Gasteiger partial charge in [-0.3, -0.25) is 9.98 Å². The number of nitrogens with one attached hydrogen (secondary N) is 1. The summed E-state index contributed by atoms with van der Waals surface area (Å²) < 4.78 is 6.02. The predicted molar refractivity (Wildman–Crippen MR) is 109 cm³/mol. The van der Waals surface area contributed by atoms with Gasteiger partial charge < -0.3 is 19.9 Å². The van der Waals surface area contributed by atoms with E-state index in [4.69, 9.17) is 4.74 Å². The molecule has 0 radical (unpaired) electrons. The highest BCUT2D eigenvalue weighted by Crippen LogP contribution is 2.23. The van der Waals surface area contributed by atoms with E-state index in [0.717, 1.165) is 49.6 Å². The van der Waals surface area contributed by atoms with Gasteiger partial charge in [-0.25, -0.2) is 4.98 Å². The van der Waals surface area contributed by atoms with Crippen molar-refractivity contribution in [3.8, 4) is 5.88 Å². The highest BCUT2D eigenvalue weighted by atomic mass is 79.9. The number of halogens is 1. The minimum absolute atomic E-state index is 0.551. The maximum Gasteiger partial charge on any atom is 0.232 e. The van der Waals surface area contributed by atoms with Crippen LogP contribution >= 0.6 is 15.9 Å². The summed E-state index contributed by atoms with van der Waals surface area (Å²) in [5, 5.41) is 3.44. The third-order valence-electron chi connectivity index (χ3n) is 4.39. The van der Waals surface area contributed by atoms with Crippen LogP contribution < -0.4 is 15.0 Å². The fourth-order valence-electron chi connectivity index (χ4n) is 2.95. The minimum atomic E-state index is 0.551. The van der Waals surface area contributed by atoms with E-state index in [-0.39, 0.29) is 0 Å². The monoisotopic (exact) mass is 433 g/mol. The van der Waals surface area contributed by atoms with Gasteiger partial charge in [0.1, 0.15) is 0 Å². The molecule has 27 heavy (non-hydrogen) atoms. The number of piperazine rings is 1. The zero-order valence-corrected chi connectivity index (χ0v) is 17.2. The minimum Gasteiger partial charge on any atom is -0.480 e. The molecule has 1 N–H and O–H groups in total. The first kappa shape index (κ1) is 19.3. The largest absolute Gasteiger partial charge is 0.480 e. The third-order valence-corrected chi connectivity index (χ3v) is 4.93. The summed E-state index contributed by atoms with van der Waals surface area (Å²) in [5.74, 6) is 2.16. The number of aromatic nitrogens is 3. The Bertz CT molecular complexity index is 764. The second-order valence-electron chi connectivity index (χ2n) is 6.09. The van der Waals surface area contributed by atoms with Crippen LogP contribution in [0, 0.1) is 0 Å². The average molecular weight is 434 g/mol. The zero-order valence-electron chi connectivity index (χ0n) is 15.6. The van der Waals surface area contributed by atoms with Crippen LogP contribution in [0.15, 0.2) is 40.2 Å². The first-order valence-electron chi connectivity index (χ1n) is 8.87. The molecule has 0 amide bonds. The quantitative estimate of drug-likeness (QED) is 0.566. The van der Waals surface area contributed by atoms with E-state index in [1.165, 1.54) is 5.56 Å². The van der Waals surface area contributed by atoms with Crippen LogP contribution in [-0.4, -0.2) is 72.7 Å². The molecule has 0 saturated carbocycles. The van der Waals surface area contributed by atoms with Crippen LogP contribution in [-0.2, 0) is 6.42 Å². The smallest absolute Gasteiger partial charge is 0.232 e. The fourth-order valence-corrected chi connectivity index (χ4v) is 3.31. The number of ether oxygens (including phenoxy) is 1. The van der Waals surface area contributed by atoms with Gasteiger partial charge in [0.15, 0.2) is 5.96 Å². The Morgan fingerprint density at radius 2 is 2.11 bits per heavy atom. The highest BCUT2D eigenvalue weighted by Gasteiger charge is 2.22. The van der Waals surface area contributed by atoms with Gasteiger partial charge in [0.05, 0.1) is 17.8 Å². The van der Waals surface area contributed by atoms with E-state index in [1.807, 2.05) is 19.3 Å². The molecule has 2 aromatic rings. The number of guanidine groups is 1. The number of hydrogen-bond donors (Lipinski definition) is 1. The van der Waals surface area contributed by atoms with Gasteiger partial charge in [-0.15, -0.1) is 0 Å². The summed E-state index contributed by atoms with van der Waals surface area (Å²) in [5.41, 5.74) is 1.21. The summed E-state index contributed by atoms with van der Waals surface area (Å²) in [6.45, 7) is 4.19. The Labute approximate surface area is 167 Å². The van der Waals surface area contributed by atoms with Gasteiger partial charge in [0, 0.05) is 52.2 Å². The van der Waals surface area contributed by atoms with E-state index in [1.54, 1.807) is 19.5 Å². The molecule has 1 fully saturated rings. The Balaban J connectivity index is 1.51.